The number of furan rings is 1. The molecule has 0 atom stereocenters. The fraction of sp³-hybridized carbons (Fsp3) is 0.158. The van der Waals surface area contributed by atoms with E-state index in [-0.39, 0.29) is 0 Å². The van der Waals surface area contributed by atoms with Gasteiger partial charge in [-0.2, -0.15) is 0 Å². The number of hydrogen-bond acceptors (Lipinski definition) is 2. The summed E-state index contributed by atoms with van der Waals surface area (Å²) in [7, 11) is 0. The molecular formula is C19H16Cl3NO. The molecule has 1 heterocycles. The maximum absolute atomic E-state index is 6.20. The quantitative estimate of drug-likeness (QED) is 0.512. The van der Waals surface area contributed by atoms with Gasteiger partial charge < -0.3 is 9.73 Å². The molecule has 0 saturated carbocycles. The second-order valence-corrected chi connectivity index (χ2v) is 6.72. The van der Waals surface area contributed by atoms with Crippen LogP contribution in [-0.4, -0.2) is 6.54 Å². The second-order valence-electron chi connectivity index (χ2n) is 5.44. The highest BCUT2D eigenvalue weighted by Gasteiger charge is 2.09. The maximum Gasteiger partial charge on any atom is 0.135 e. The molecule has 0 amide bonds. The SMILES string of the molecule is Clc1ccc(CCNCc2ccc(-c3cc(Cl)ccc3Cl)o2)cc1. The molecule has 24 heavy (non-hydrogen) atoms. The van der Waals surface area contributed by atoms with Crippen molar-refractivity contribution in [1.82, 2.24) is 5.32 Å². The van der Waals surface area contributed by atoms with E-state index in [4.69, 9.17) is 39.2 Å². The number of hydrogen-bond donors (Lipinski definition) is 1. The van der Waals surface area contributed by atoms with E-state index in [9.17, 15) is 0 Å². The first-order chi connectivity index (χ1) is 11.6. The van der Waals surface area contributed by atoms with Gasteiger partial charge in [-0.05, 0) is 61.0 Å². The molecule has 0 saturated heterocycles. The topological polar surface area (TPSA) is 25.2 Å². The van der Waals surface area contributed by atoms with Gasteiger partial charge in [-0.15, -0.1) is 0 Å². The van der Waals surface area contributed by atoms with Gasteiger partial charge in [-0.1, -0.05) is 46.9 Å². The van der Waals surface area contributed by atoms with Gasteiger partial charge in [-0.25, -0.2) is 0 Å². The molecule has 0 aliphatic heterocycles. The van der Waals surface area contributed by atoms with Crippen LogP contribution in [0.15, 0.2) is 59.0 Å². The average molecular weight is 381 g/mol. The first kappa shape index (κ1) is 17.4. The van der Waals surface area contributed by atoms with Crippen LogP contribution in [0.5, 0.6) is 0 Å². The minimum atomic E-state index is 0.621. The second kappa shape index (κ2) is 8.09. The Bertz CT molecular complexity index is 812. The molecular weight excluding hydrogens is 365 g/mol. The lowest BCUT2D eigenvalue weighted by molar-refractivity contribution is 0.495. The van der Waals surface area contributed by atoms with E-state index in [2.05, 4.69) is 5.32 Å². The number of halogens is 3. The molecule has 0 fully saturated rings. The molecule has 2 nitrogen and oxygen atoms in total. The van der Waals surface area contributed by atoms with Crippen molar-refractivity contribution in [2.24, 2.45) is 0 Å². The molecule has 2 aromatic carbocycles. The van der Waals surface area contributed by atoms with E-state index in [1.165, 1.54) is 5.56 Å². The minimum absolute atomic E-state index is 0.621. The zero-order valence-electron chi connectivity index (χ0n) is 12.9. The van der Waals surface area contributed by atoms with E-state index < -0.39 is 0 Å². The van der Waals surface area contributed by atoms with Crippen molar-refractivity contribution in [3.05, 3.63) is 81.0 Å². The molecule has 0 bridgehead atoms. The van der Waals surface area contributed by atoms with Crippen molar-refractivity contribution in [1.29, 1.82) is 0 Å². The normalized spacial score (nSPS) is 11.0. The van der Waals surface area contributed by atoms with E-state index in [0.717, 1.165) is 35.1 Å². The number of benzene rings is 2. The van der Waals surface area contributed by atoms with Crippen LogP contribution >= 0.6 is 34.8 Å². The molecule has 124 valence electrons. The maximum atomic E-state index is 6.20. The highest BCUT2D eigenvalue weighted by atomic mass is 35.5. The Balaban J connectivity index is 1.54. The highest BCUT2D eigenvalue weighted by Crippen LogP contribution is 2.31. The van der Waals surface area contributed by atoms with Crippen molar-refractivity contribution in [2.45, 2.75) is 13.0 Å². The predicted molar refractivity (Wildman–Crippen MR) is 101 cm³/mol. The fourth-order valence-electron chi connectivity index (χ4n) is 2.40. The average Bonchev–Trinajstić information content (AvgIpc) is 3.04. The van der Waals surface area contributed by atoms with E-state index in [1.807, 2.05) is 36.4 Å². The van der Waals surface area contributed by atoms with Crippen molar-refractivity contribution >= 4 is 34.8 Å². The van der Waals surface area contributed by atoms with E-state index in [1.54, 1.807) is 18.2 Å². The van der Waals surface area contributed by atoms with Crippen LogP contribution in [0.1, 0.15) is 11.3 Å². The summed E-state index contributed by atoms with van der Waals surface area (Å²) in [4.78, 5) is 0. The minimum Gasteiger partial charge on any atom is -0.460 e. The third kappa shape index (κ3) is 4.55. The van der Waals surface area contributed by atoms with Gasteiger partial charge in [0, 0.05) is 15.6 Å². The lowest BCUT2D eigenvalue weighted by Gasteiger charge is -2.04. The van der Waals surface area contributed by atoms with Gasteiger partial charge >= 0.3 is 0 Å². The lowest BCUT2D eigenvalue weighted by Crippen LogP contribution is -2.16. The summed E-state index contributed by atoms with van der Waals surface area (Å²) in [5.41, 5.74) is 2.05. The summed E-state index contributed by atoms with van der Waals surface area (Å²) >= 11 is 18.1. The van der Waals surface area contributed by atoms with Crippen LogP contribution in [-0.2, 0) is 13.0 Å². The molecule has 0 unspecified atom stereocenters. The van der Waals surface area contributed by atoms with Crippen LogP contribution in [0.2, 0.25) is 15.1 Å². The smallest absolute Gasteiger partial charge is 0.135 e. The van der Waals surface area contributed by atoms with Gasteiger partial charge in [0.05, 0.1) is 11.6 Å². The van der Waals surface area contributed by atoms with Crippen LogP contribution in [0.4, 0.5) is 0 Å². The van der Waals surface area contributed by atoms with Crippen LogP contribution in [0.3, 0.4) is 0 Å². The summed E-state index contributed by atoms with van der Waals surface area (Å²) in [5, 5.41) is 5.38. The standard InChI is InChI=1S/C19H16Cl3NO/c20-14-3-1-13(2-4-14)9-10-23-12-16-6-8-19(24-16)17-11-15(21)5-7-18(17)22/h1-8,11,23H,9-10,12H2. The summed E-state index contributed by atoms with van der Waals surface area (Å²) in [6.45, 7) is 1.52. The molecule has 5 heteroatoms. The van der Waals surface area contributed by atoms with Crippen LogP contribution in [0.25, 0.3) is 11.3 Å². The fourth-order valence-corrected chi connectivity index (χ4v) is 2.91. The summed E-state index contributed by atoms with van der Waals surface area (Å²) in [6, 6.07) is 17.1. The lowest BCUT2D eigenvalue weighted by atomic mass is 10.1. The molecule has 0 aliphatic carbocycles. The van der Waals surface area contributed by atoms with Crippen molar-refractivity contribution in [3.8, 4) is 11.3 Å². The third-order valence-corrected chi connectivity index (χ3v) is 4.48. The Hall–Kier alpha value is -1.45. The Labute approximate surface area is 156 Å². The third-order valence-electron chi connectivity index (χ3n) is 3.66. The number of rotatable bonds is 6. The predicted octanol–water partition coefficient (Wildman–Crippen LogP) is 6.24. The Kier molecular flexibility index (Phi) is 5.85. The molecule has 0 aliphatic rings. The molecule has 1 aromatic heterocycles. The first-order valence-corrected chi connectivity index (χ1v) is 8.74. The highest BCUT2D eigenvalue weighted by molar-refractivity contribution is 6.35. The van der Waals surface area contributed by atoms with E-state index in [0.29, 0.717) is 16.6 Å². The summed E-state index contributed by atoms with van der Waals surface area (Å²) < 4.78 is 5.85. The summed E-state index contributed by atoms with van der Waals surface area (Å²) in [5.74, 6) is 1.58. The van der Waals surface area contributed by atoms with Crippen LogP contribution in [0, 0.1) is 0 Å². The van der Waals surface area contributed by atoms with Gasteiger partial charge in [0.15, 0.2) is 0 Å². The van der Waals surface area contributed by atoms with Gasteiger partial charge in [0.2, 0.25) is 0 Å². The molecule has 3 rings (SSSR count). The zero-order chi connectivity index (χ0) is 16.9. The van der Waals surface area contributed by atoms with Gasteiger partial charge in [0.1, 0.15) is 11.5 Å². The first-order valence-electron chi connectivity index (χ1n) is 7.61. The van der Waals surface area contributed by atoms with Crippen molar-refractivity contribution in [3.63, 3.8) is 0 Å². The Morgan fingerprint density at radius 3 is 2.38 bits per heavy atom. The Morgan fingerprint density at radius 2 is 1.58 bits per heavy atom. The monoisotopic (exact) mass is 379 g/mol. The van der Waals surface area contributed by atoms with E-state index >= 15 is 0 Å². The largest absolute Gasteiger partial charge is 0.460 e. The molecule has 1 N–H and O–H groups in total. The molecule has 3 aromatic rings. The molecule has 0 radical (unpaired) electrons. The van der Waals surface area contributed by atoms with Crippen molar-refractivity contribution in [2.75, 3.05) is 6.54 Å². The van der Waals surface area contributed by atoms with Gasteiger partial charge in [-0.3, -0.25) is 0 Å². The van der Waals surface area contributed by atoms with Crippen LogP contribution < -0.4 is 5.32 Å². The summed E-state index contributed by atoms with van der Waals surface area (Å²) in [6.07, 6.45) is 0.935. The zero-order valence-corrected chi connectivity index (χ0v) is 15.1. The van der Waals surface area contributed by atoms with Gasteiger partial charge in [0.25, 0.3) is 0 Å². The van der Waals surface area contributed by atoms with Crippen molar-refractivity contribution < 1.29 is 4.42 Å². The number of nitrogens with one attached hydrogen (secondary N) is 1. The molecule has 0 spiro atoms. The Morgan fingerprint density at radius 1 is 0.833 bits per heavy atom.